The summed E-state index contributed by atoms with van der Waals surface area (Å²) in [4.78, 5) is 25.4. The molecule has 0 bridgehead atoms. The highest BCUT2D eigenvalue weighted by Gasteiger charge is 2.41. The number of hydrogen-bond donors (Lipinski definition) is 0. The van der Waals surface area contributed by atoms with Gasteiger partial charge in [-0.1, -0.05) is 49.2 Å². The Hall–Kier alpha value is -2.88. The van der Waals surface area contributed by atoms with Gasteiger partial charge < -0.3 is 9.15 Å². The molecule has 4 rings (SSSR count). The summed E-state index contributed by atoms with van der Waals surface area (Å²) in [5.74, 6) is 0.179. The van der Waals surface area contributed by atoms with E-state index in [0.29, 0.717) is 22.3 Å². The average molecular weight is 362 g/mol. The first-order valence-electron chi connectivity index (χ1n) is 9.29. The molecule has 0 spiro atoms. The van der Waals surface area contributed by atoms with E-state index in [0.717, 1.165) is 31.2 Å². The zero-order chi connectivity index (χ0) is 19.0. The monoisotopic (exact) mass is 362 g/mol. The van der Waals surface area contributed by atoms with Crippen LogP contribution in [0.3, 0.4) is 0 Å². The van der Waals surface area contributed by atoms with Crippen LogP contribution in [-0.4, -0.2) is 13.1 Å². The van der Waals surface area contributed by atoms with Crippen LogP contribution in [0.25, 0.3) is 11.0 Å². The first kappa shape index (κ1) is 17.5. The first-order valence-corrected chi connectivity index (χ1v) is 9.29. The van der Waals surface area contributed by atoms with Crippen LogP contribution in [-0.2, 0) is 10.2 Å². The normalized spacial score (nSPS) is 15.8. The van der Waals surface area contributed by atoms with Gasteiger partial charge in [-0.3, -0.25) is 4.79 Å². The summed E-state index contributed by atoms with van der Waals surface area (Å²) in [6.07, 6.45) is 4.00. The molecule has 0 unspecified atom stereocenters. The van der Waals surface area contributed by atoms with Crippen molar-refractivity contribution in [3.8, 4) is 0 Å². The smallest absolute Gasteiger partial charge is 0.341 e. The number of ether oxygens (including phenoxy) is 1. The number of rotatable bonds is 3. The minimum absolute atomic E-state index is 0.0841. The fourth-order valence-corrected chi connectivity index (χ4v) is 4.42. The maximum absolute atomic E-state index is 13.1. The molecule has 0 N–H and O–H groups in total. The number of benzene rings is 2. The summed E-state index contributed by atoms with van der Waals surface area (Å²) in [6, 6.07) is 15.3. The maximum atomic E-state index is 13.1. The predicted molar refractivity (Wildman–Crippen MR) is 104 cm³/mol. The third-order valence-electron chi connectivity index (χ3n) is 5.77. The molecular weight excluding hydrogens is 340 g/mol. The van der Waals surface area contributed by atoms with Crippen molar-refractivity contribution in [2.24, 2.45) is 0 Å². The highest BCUT2D eigenvalue weighted by molar-refractivity contribution is 6.01. The molecule has 0 amide bonds. The van der Waals surface area contributed by atoms with Crippen LogP contribution >= 0.6 is 0 Å². The largest absolute Gasteiger partial charge is 0.465 e. The van der Waals surface area contributed by atoms with Gasteiger partial charge >= 0.3 is 5.97 Å². The Bertz CT molecular complexity index is 1060. The number of fused-ring (bicyclic) bond motifs is 1. The van der Waals surface area contributed by atoms with Crippen molar-refractivity contribution in [2.75, 3.05) is 7.11 Å². The molecule has 0 aliphatic heterocycles. The molecule has 1 saturated carbocycles. The van der Waals surface area contributed by atoms with Gasteiger partial charge in [-0.15, -0.1) is 0 Å². The van der Waals surface area contributed by atoms with Crippen molar-refractivity contribution in [3.05, 3.63) is 81.2 Å². The Morgan fingerprint density at radius 1 is 1.04 bits per heavy atom. The lowest BCUT2D eigenvalue weighted by Crippen LogP contribution is -2.28. The van der Waals surface area contributed by atoms with Crippen LogP contribution in [0.4, 0.5) is 0 Å². The van der Waals surface area contributed by atoms with Gasteiger partial charge in [0.15, 0.2) is 11.0 Å². The fraction of sp³-hybridized carbons (Fsp3) is 0.304. The van der Waals surface area contributed by atoms with Gasteiger partial charge in [0.05, 0.1) is 17.9 Å². The molecule has 3 aromatic rings. The molecule has 4 heteroatoms. The number of carbonyl (C=O) groups excluding carboxylic acids is 1. The minimum atomic E-state index is -0.501. The summed E-state index contributed by atoms with van der Waals surface area (Å²) in [7, 11) is 1.33. The predicted octanol–water partition coefficient (Wildman–Crippen LogP) is 4.75. The van der Waals surface area contributed by atoms with E-state index < -0.39 is 5.97 Å². The summed E-state index contributed by atoms with van der Waals surface area (Å²) in [5.41, 5.74) is 1.96. The van der Waals surface area contributed by atoms with Gasteiger partial charge in [0, 0.05) is 5.56 Å². The highest BCUT2D eigenvalue weighted by Crippen LogP contribution is 2.47. The highest BCUT2D eigenvalue weighted by atomic mass is 16.5. The first-order chi connectivity index (χ1) is 13.1. The lowest BCUT2D eigenvalue weighted by Gasteiger charge is -2.30. The van der Waals surface area contributed by atoms with Gasteiger partial charge in [0.25, 0.3) is 0 Å². The fourth-order valence-electron chi connectivity index (χ4n) is 4.42. The van der Waals surface area contributed by atoms with Crippen LogP contribution in [0.15, 0.2) is 57.7 Å². The van der Waals surface area contributed by atoms with Crippen LogP contribution in [0.2, 0.25) is 0 Å². The molecule has 4 nitrogen and oxygen atoms in total. The van der Waals surface area contributed by atoms with Gasteiger partial charge in [-0.2, -0.15) is 0 Å². The molecule has 1 aliphatic rings. The van der Waals surface area contributed by atoms with E-state index in [9.17, 15) is 9.59 Å². The second kappa shape index (κ2) is 6.69. The number of carbonyl (C=O) groups is 1. The van der Waals surface area contributed by atoms with Crippen molar-refractivity contribution in [1.82, 2.24) is 0 Å². The number of esters is 1. The molecule has 138 valence electrons. The quantitative estimate of drug-likeness (QED) is 0.631. The molecule has 1 aromatic heterocycles. The number of methoxy groups -OCH3 is 1. The van der Waals surface area contributed by atoms with Crippen molar-refractivity contribution in [2.45, 2.75) is 38.0 Å². The van der Waals surface area contributed by atoms with Crippen LogP contribution < -0.4 is 5.43 Å². The van der Waals surface area contributed by atoms with Crippen LogP contribution in [0.5, 0.6) is 0 Å². The van der Waals surface area contributed by atoms with Crippen molar-refractivity contribution in [1.29, 1.82) is 0 Å². The summed E-state index contributed by atoms with van der Waals surface area (Å²) in [5, 5.41) is 0.417. The van der Waals surface area contributed by atoms with Crippen molar-refractivity contribution in [3.63, 3.8) is 0 Å². The summed E-state index contributed by atoms with van der Waals surface area (Å²) >= 11 is 0. The molecule has 1 fully saturated rings. The minimum Gasteiger partial charge on any atom is -0.465 e. The zero-order valence-electron chi connectivity index (χ0n) is 15.6. The molecule has 1 heterocycles. The molecular formula is C23H22O4. The Morgan fingerprint density at radius 2 is 1.74 bits per heavy atom. The van der Waals surface area contributed by atoms with E-state index in [1.165, 1.54) is 7.11 Å². The van der Waals surface area contributed by atoms with E-state index in [1.54, 1.807) is 18.2 Å². The summed E-state index contributed by atoms with van der Waals surface area (Å²) < 4.78 is 11.3. The van der Waals surface area contributed by atoms with Gasteiger partial charge in [0.1, 0.15) is 11.3 Å². The van der Waals surface area contributed by atoms with Gasteiger partial charge in [-0.25, -0.2) is 4.79 Å². The number of para-hydroxylation sites is 1. The van der Waals surface area contributed by atoms with Crippen LogP contribution in [0, 0.1) is 6.92 Å². The molecule has 0 atom stereocenters. The third kappa shape index (κ3) is 2.67. The topological polar surface area (TPSA) is 56.5 Å². The lowest BCUT2D eigenvalue weighted by atomic mass is 9.75. The SMILES string of the molecule is COC(=O)c1cccc2c(=O)c(C)c(C3(c4ccccc4)CCCC3)oc12. The van der Waals surface area contributed by atoms with Crippen LogP contribution in [0.1, 0.15) is 52.9 Å². The second-order valence-electron chi connectivity index (χ2n) is 7.21. The van der Waals surface area contributed by atoms with Gasteiger partial charge in [0.2, 0.25) is 0 Å². The Kier molecular flexibility index (Phi) is 4.34. The Morgan fingerprint density at radius 3 is 2.41 bits per heavy atom. The van der Waals surface area contributed by atoms with E-state index in [2.05, 4.69) is 12.1 Å². The van der Waals surface area contributed by atoms with E-state index in [1.807, 2.05) is 25.1 Å². The van der Waals surface area contributed by atoms with E-state index >= 15 is 0 Å². The molecule has 0 saturated heterocycles. The van der Waals surface area contributed by atoms with E-state index in [4.69, 9.17) is 9.15 Å². The Balaban J connectivity index is 2.05. The van der Waals surface area contributed by atoms with Gasteiger partial charge in [-0.05, 0) is 37.5 Å². The molecule has 27 heavy (non-hydrogen) atoms. The maximum Gasteiger partial charge on any atom is 0.341 e. The standard InChI is InChI=1S/C23H22O4/c1-15-19(24)17-11-8-12-18(22(25)26-2)20(17)27-21(15)23(13-6-7-14-23)16-9-4-3-5-10-16/h3-5,8-12H,6-7,13-14H2,1-2H3. The molecule has 1 aliphatic carbocycles. The third-order valence-corrected chi connectivity index (χ3v) is 5.77. The number of hydrogen-bond acceptors (Lipinski definition) is 4. The summed E-state index contributed by atoms with van der Waals surface area (Å²) in [6.45, 7) is 1.83. The zero-order valence-corrected chi connectivity index (χ0v) is 15.6. The lowest BCUT2D eigenvalue weighted by molar-refractivity contribution is 0.0601. The van der Waals surface area contributed by atoms with E-state index in [-0.39, 0.29) is 16.4 Å². The second-order valence-corrected chi connectivity index (χ2v) is 7.21. The van der Waals surface area contributed by atoms with Crippen molar-refractivity contribution < 1.29 is 13.9 Å². The molecule has 0 radical (unpaired) electrons. The Labute approximate surface area is 157 Å². The average Bonchev–Trinajstić information content (AvgIpc) is 3.21. The molecule has 2 aromatic carbocycles. The van der Waals surface area contributed by atoms with Crippen molar-refractivity contribution >= 4 is 16.9 Å².